The third-order valence-corrected chi connectivity index (χ3v) is 10.9. The topological polar surface area (TPSA) is 110 Å². The van der Waals surface area contributed by atoms with Gasteiger partial charge in [-0.2, -0.15) is 0 Å². The molecule has 0 aromatic rings. The van der Waals surface area contributed by atoms with Crippen LogP contribution in [0.5, 0.6) is 0 Å². The van der Waals surface area contributed by atoms with Gasteiger partial charge in [0.05, 0.1) is 17.8 Å². The molecule has 194 valence electrons. The zero-order valence-electron chi connectivity index (χ0n) is 21.3. The highest BCUT2D eigenvalue weighted by Gasteiger charge is 2.71. The standard InChI is InChI=1S/C28H40O7/c1-17(29)34-16-26-11-6-21(35-18(2)30)15-27(26,32)12-8-24-23(26)7-10-25(3)22(9-13-28(24,25)33)19-4-5-20(31)14-19/h14,21-24,32-33H,4-13,15-16H2,1-3H3. The van der Waals surface area contributed by atoms with E-state index in [4.69, 9.17) is 9.47 Å². The number of fused-ring (bicyclic) bond motifs is 5. The predicted octanol–water partition coefficient (Wildman–Crippen LogP) is 3.64. The molecule has 0 aromatic heterocycles. The summed E-state index contributed by atoms with van der Waals surface area (Å²) in [5.41, 5.74) is -1.78. The average molecular weight is 489 g/mol. The Bertz CT molecular complexity index is 957. The van der Waals surface area contributed by atoms with Gasteiger partial charge < -0.3 is 19.7 Å². The van der Waals surface area contributed by atoms with Crippen LogP contribution in [0, 0.1) is 28.6 Å². The van der Waals surface area contributed by atoms with Crippen molar-refractivity contribution < 1.29 is 34.1 Å². The minimum atomic E-state index is -1.12. The van der Waals surface area contributed by atoms with E-state index < -0.39 is 16.6 Å². The van der Waals surface area contributed by atoms with Gasteiger partial charge in [0.15, 0.2) is 5.78 Å². The molecule has 8 atom stereocenters. The lowest BCUT2D eigenvalue weighted by molar-refractivity contribution is -0.271. The van der Waals surface area contributed by atoms with Crippen LogP contribution in [0.25, 0.3) is 0 Å². The minimum Gasteiger partial charge on any atom is -0.465 e. The van der Waals surface area contributed by atoms with Crippen molar-refractivity contribution in [1.82, 2.24) is 0 Å². The van der Waals surface area contributed by atoms with E-state index in [2.05, 4.69) is 6.92 Å². The molecular formula is C28H40O7. The quantitative estimate of drug-likeness (QED) is 0.581. The highest BCUT2D eigenvalue weighted by molar-refractivity contribution is 5.93. The van der Waals surface area contributed by atoms with Crippen molar-refractivity contribution in [2.75, 3.05) is 6.61 Å². The van der Waals surface area contributed by atoms with E-state index in [1.54, 1.807) is 0 Å². The van der Waals surface area contributed by atoms with Gasteiger partial charge in [0.1, 0.15) is 6.10 Å². The van der Waals surface area contributed by atoms with Crippen LogP contribution in [-0.2, 0) is 23.9 Å². The molecule has 2 N–H and O–H groups in total. The molecule has 0 aliphatic heterocycles. The fraction of sp³-hybridized carbons (Fsp3) is 0.821. The number of hydrogen-bond acceptors (Lipinski definition) is 7. The summed E-state index contributed by atoms with van der Waals surface area (Å²) in [7, 11) is 0. The van der Waals surface area contributed by atoms with Gasteiger partial charge >= 0.3 is 11.9 Å². The van der Waals surface area contributed by atoms with E-state index in [9.17, 15) is 24.6 Å². The maximum absolute atomic E-state index is 12.4. The van der Waals surface area contributed by atoms with Gasteiger partial charge in [-0.15, -0.1) is 0 Å². The molecule has 0 spiro atoms. The number of allylic oxidation sites excluding steroid dienone is 2. The number of carbonyl (C=O) groups is 3. The van der Waals surface area contributed by atoms with Crippen molar-refractivity contribution >= 4 is 17.7 Å². The first-order valence-corrected chi connectivity index (χ1v) is 13.4. The van der Waals surface area contributed by atoms with Crippen LogP contribution in [0.2, 0.25) is 0 Å². The Kier molecular flexibility index (Phi) is 5.99. The van der Waals surface area contributed by atoms with Crippen LogP contribution >= 0.6 is 0 Å². The highest BCUT2D eigenvalue weighted by Crippen LogP contribution is 2.71. The molecule has 35 heavy (non-hydrogen) atoms. The number of aliphatic hydroxyl groups is 2. The van der Waals surface area contributed by atoms with E-state index in [0.717, 1.165) is 25.7 Å². The second-order valence-corrected chi connectivity index (χ2v) is 12.4. The summed E-state index contributed by atoms with van der Waals surface area (Å²) >= 11 is 0. The molecular weight excluding hydrogens is 448 g/mol. The second-order valence-electron chi connectivity index (χ2n) is 12.4. The van der Waals surface area contributed by atoms with E-state index in [1.807, 2.05) is 6.08 Å². The first kappa shape index (κ1) is 24.9. The Morgan fingerprint density at radius 2 is 1.71 bits per heavy atom. The fourth-order valence-corrected chi connectivity index (χ4v) is 9.34. The molecule has 5 aliphatic carbocycles. The maximum Gasteiger partial charge on any atom is 0.302 e. The van der Waals surface area contributed by atoms with Crippen LogP contribution in [-0.4, -0.2) is 51.8 Å². The normalized spacial score (nSPS) is 46.8. The molecule has 8 unspecified atom stereocenters. The second kappa shape index (κ2) is 8.41. The van der Waals surface area contributed by atoms with Crippen molar-refractivity contribution in [2.45, 2.75) is 109 Å². The summed E-state index contributed by atoms with van der Waals surface area (Å²) in [5.74, 6) is -0.312. The number of rotatable bonds is 4. The van der Waals surface area contributed by atoms with E-state index in [0.29, 0.717) is 44.9 Å². The van der Waals surface area contributed by atoms with Crippen molar-refractivity contribution in [3.8, 4) is 0 Å². The van der Waals surface area contributed by atoms with Gasteiger partial charge in [-0.1, -0.05) is 12.5 Å². The number of ether oxygens (including phenoxy) is 2. The molecule has 4 fully saturated rings. The Labute approximate surface area is 207 Å². The van der Waals surface area contributed by atoms with Crippen molar-refractivity contribution in [2.24, 2.45) is 28.6 Å². The van der Waals surface area contributed by atoms with Gasteiger partial charge in [0.2, 0.25) is 0 Å². The maximum atomic E-state index is 12.4. The van der Waals surface area contributed by atoms with E-state index in [-0.39, 0.29) is 53.6 Å². The summed E-state index contributed by atoms with van der Waals surface area (Å²) in [6, 6.07) is 0. The Hall–Kier alpha value is -1.73. The SMILES string of the molecule is CC(=O)OCC12CCC(OC(C)=O)CC1(O)CCC1C2CCC2(C)C(C3=CC(=O)CC3)CCC12O. The number of esters is 2. The molecule has 5 rings (SSSR count). The third-order valence-electron chi connectivity index (χ3n) is 10.9. The molecule has 0 amide bonds. The van der Waals surface area contributed by atoms with Crippen LogP contribution in [0.4, 0.5) is 0 Å². The van der Waals surface area contributed by atoms with Gasteiger partial charge in [0, 0.05) is 37.5 Å². The van der Waals surface area contributed by atoms with Gasteiger partial charge in [-0.25, -0.2) is 0 Å². The number of hydrogen-bond donors (Lipinski definition) is 2. The largest absolute Gasteiger partial charge is 0.465 e. The molecule has 0 radical (unpaired) electrons. The highest BCUT2D eigenvalue weighted by atomic mass is 16.5. The smallest absolute Gasteiger partial charge is 0.302 e. The first-order chi connectivity index (χ1) is 16.4. The lowest BCUT2D eigenvalue weighted by atomic mass is 9.41. The van der Waals surface area contributed by atoms with Crippen LogP contribution in [0.3, 0.4) is 0 Å². The molecule has 0 bridgehead atoms. The lowest BCUT2D eigenvalue weighted by Gasteiger charge is -2.66. The fourth-order valence-electron chi connectivity index (χ4n) is 9.34. The summed E-state index contributed by atoms with van der Waals surface area (Å²) in [6.07, 6.45) is 8.79. The van der Waals surface area contributed by atoms with Gasteiger partial charge in [-0.3, -0.25) is 14.4 Å². The van der Waals surface area contributed by atoms with Gasteiger partial charge in [-0.05, 0) is 81.6 Å². The summed E-state index contributed by atoms with van der Waals surface area (Å²) in [5, 5.41) is 24.5. The summed E-state index contributed by atoms with van der Waals surface area (Å²) < 4.78 is 11.1. The molecule has 7 nitrogen and oxygen atoms in total. The monoisotopic (exact) mass is 488 g/mol. The summed E-state index contributed by atoms with van der Waals surface area (Å²) in [4.78, 5) is 35.5. The Balaban J connectivity index is 1.48. The molecule has 4 saturated carbocycles. The van der Waals surface area contributed by atoms with Crippen molar-refractivity contribution in [3.05, 3.63) is 11.6 Å². The minimum absolute atomic E-state index is 0.00916. The molecule has 0 saturated heterocycles. The van der Waals surface area contributed by atoms with E-state index >= 15 is 0 Å². The van der Waals surface area contributed by atoms with Crippen molar-refractivity contribution in [1.29, 1.82) is 0 Å². The van der Waals surface area contributed by atoms with Crippen molar-refractivity contribution in [3.63, 3.8) is 0 Å². The van der Waals surface area contributed by atoms with E-state index in [1.165, 1.54) is 19.4 Å². The average Bonchev–Trinajstić information content (AvgIpc) is 3.31. The zero-order valence-corrected chi connectivity index (χ0v) is 21.3. The molecule has 0 aromatic carbocycles. The number of ketones is 1. The molecule has 0 heterocycles. The molecule has 7 heteroatoms. The predicted molar refractivity (Wildman–Crippen MR) is 127 cm³/mol. The van der Waals surface area contributed by atoms with Crippen LogP contribution in [0.15, 0.2) is 11.6 Å². The zero-order chi connectivity index (χ0) is 25.2. The Morgan fingerprint density at radius 3 is 2.37 bits per heavy atom. The van der Waals surface area contributed by atoms with Crippen LogP contribution < -0.4 is 0 Å². The third kappa shape index (κ3) is 3.63. The Morgan fingerprint density at radius 1 is 0.971 bits per heavy atom. The summed E-state index contributed by atoms with van der Waals surface area (Å²) in [6.45, 7) is 5.12. The number of carbonyl (C=O) groups excluding carboxylic acids is 3. The molecule has 5 aliphatic rings. The lowest BCUT2D eigenvalue weighted by Crippen LogP contribution is -2.69. The van der Waals surface area contributed by atoms with Crippen LogP contribution in [0.1, 0.15) is 91.4 Å². The first-order valence-electron chi connectivity index (χ1n) is 13.4. The van der Waals surface area contributed by atoms with Gasteiger partial charge in [0.25, 0.3) is 0 Å².